The van der Waals surface area contributed by atoms with Gasteiger partial charge in [-0.2, -0.15) is 0 Å². The number of sulfone groups is 1. The molecule has 0 amide bonds. The van der Waals surface area contributed by atoms with Crippen molar-refractivity contribution in [3.05, 3.63) is 35.4 Å². The van der Waals surface area contributed by atoms with E-state index in [4.69, 9.17) is 0 Å². The van der Waals surface area contributed by atoms with Crippen molar-refractivity contribution in [1.82, 2.24) is 0 Å². The predicted octanol–water partition coefficient (Wildman–Crippen LogP) is 1.60. The van der Waals surface area contributed by atoms with Crippen LogP contribution in [-0.2, 0) is 14.6 Å². The first-order valence-electron chi connectivity index (χ1n) is 5.89. The van der Waals surface area contributed by atoms with Gasteiger partial charge in [0.2, 0.25) is 0 Å². The molecule has 18 heavy (non-hydrogen) atoms. The van der Waals surface area contributed by atoms with Crippen LogP contribution >= 0.6 is 0 Å². The Morgan fingerprint density at radius 3 is 2.56 bits per heavy atom. The second-order valence-corrected chi connectivity index (χ2v) is 7.06. The second kappa shape index (κ2) is 4.72. The molecule has 1 fully saturated rings. The highest BCUT2D eigenvalue weighted by atomic mass is 32.2. The van der Waals surface area contributed by atoms with Gasteiger partial charge in [0.15, 0.2) is 9.84 Å². The molecule has 0 aliphatic carbocycles. The van der Waals surface area contributed by atoms with E-state index in [1.54, 1.807) is 12.1 Å². The van der Waals surface area contributed by atoms with Crippen LogP contribution in [0.4, 0.5) is 0 Å². The van der Waals surface area contributed by atoms with Crippen LogP contribution in [0.1, 0.15) is 23.5 Å². The van der Waals surface area contributed by atoms with E-state index in [2.05, 4.69) is 0 Å². The lowest BCUT2D eigenvalue weighted by Gasteiger charge is -2.20. The number of rotatable bonds is 3. The zero-order valence-corrected chi connectivity index (χ0v) is 11.0. The molecule has 1 aromatic carbocycles. The molecule has 0 radical (unpaired) electrons. The van der Waals surface area contributed by atoms with Gasteiger partial charge in [0.25, 0.3) is 0 Å². The van der Waals surface area contributed by atoms with E-state index in [1.165, 1.54) is 0 Å². The number of carbonyl (C=O) groups is 1. The molecule has 5 heteroatoms. The van der Waals surface area contributed by atoms with Crippen LogP contribution in [0, 0.1) is 12.8 Å². The van der Waals surface area contributed by atoms with Crippen LogP contribution in [0.15, 0.2) is 24.3 Å². The standard InChI is InChI=1S/C13H16O4S/c1-9-4-2-3-5-11(9)12(13(14)15)10-6-7-18(16,17)8-10/h2-5,10,12H,6-8H2,1H3,(H,14,15). The molecule has 98 valence electrons. The van der Waals surface area contributed by atoms with Crippen LogP contribution in [0.3, 0.4) is 0 Å². The zero-order chi connectivity index (χ0) is 13.3. The molecule has 4 nitrogen and oxygen atoms in total. The molecule has 0 aromatic heterocycles. The number of aryl methyl sites for hydroxylation is 1. The molecule has 0 spiro atoms. The van der Waals surface area contributed by atoms with Crippen LogP contribution in [0.25, 0.3) is 0 Å². The summed E-state index contributed by atoms with van der Waals surface area (Å²) in [5.41, 5.74) is 1.63. The zero-order valence-electron chi connectivity index (χ0n) is 10.2. The third kappa shape index (κ3) is 2.56. The van der Waals surface area contributed by atoms with Gasteiger partial charge in [0.05, 0.1) is 17.4 Å². The van der Waals surface area contributed by atoms with Gasteiger partial charge in [0, 0.05) is 0 Å². The molecule has 1 aliphatic rings. The highest BCUT2D eigenvalue weighted by Gasteiger charge is 2.38. The molecular weight excluding hydrogens is 252 g/mol. The van der Waals surface area contributed by atoms with Crippen LogP contribution < -0.4 is 0 Å². The number of hydrogen-bond acceptors (Lipinski definition) is 3. The first-order chi connectivity index (χ1) is 8.41. The van der Waals surface area contributed by atoms with E-state index in [-0.39, 0.29) is 17.4 Å². The Hall–Kier alpha value is -1.36. The van der Waals surface area contributed by atoms with Gasteiger partial charge in [-0.15, -0.1) is 0 Å². The minimum Gasteiger partial charge on any atom is -0.481 e. The number of carboxylic acids is 1. The number of carboxylic acid groups (broad SMARTS) is 1. The molecule has 2 atom stereocenters. The molecule has 1 aliphatic heterocycles. The molecule has 1 N–H and O–H groups in total. The first kappa shape index (κ1) is 13.1. The SMILES string of the molecule is Cc1ccccc1C(C(=O)O)C1CCS(=O)(=O)C1. The molecule has 0 bridgehead atoms. The Balaban J connectivity index is 2.36. The Morgan fingerprint density at radius 1 is 1.39 bits per heavy atom. The molecular formula is C13H16O4S. The lowest BCUT2D eigenvalue weighted by Crippen LogP contribution is -2.23. The van der Waals surface area contributed by atoms with E-state index >= 15 is 0 Å². The molecule has 1 aromatic rings. The molecule has 0 saturated carbocycles. The fourth-order valence-electron chi connectivity index (χ4n) is 2.61. The van der Waals surface area contributed by atoms with Crippen molar-refractivity contribution in [1.29, 1.82) is 0 Å². The van der Waals surface area contributed by atoms with Gasteiger partial charge < -0.3 is 5.11 Å². The summed E-state index contributed by atoms with van der Waals surface area (Å²) in [6.07, 6.45) is 0.438. The van der Waals surface area contributed by atoms with Crippen molar-refractivity contribution < 1.29 is 18.3 Å². The maximum atomic E-state index is 11.5. The topological polar surface area (TPSA) is 71.4 Å². The summed E-state index contributed by atoms with van der Waals surface area (Å²) in [6.45, 7) is 1.86. The molecule has 1 heterocycles. The third-order valence-corrected chi connectivity index (χ3v) is 5.32. The summed E-state index contributed by atoms with van der Waals surface area (Å²) in [5.74, 6) is -1.88. The number of hydrogen-bond donors (Lipinski definition) is 1. The van der Waals surface area contributed by atoms with E-state index < -0.39 is 21.7 Å². The Kier molecular flexibility index (Phi) is 3.43. The van der Waals surface area contributed by atoms with Gasteiger partial charge >= 0.3 is 5.97 Å². The summed E-state index contributed by atoms with van der Waals surface area (Å²) in [7, 11) is -3.06. The predicted molar refractivity (Wildman–Crippen MR) is 68.3 cm³/mol. The molecule has 2 unspecified atom stereocenters. The van der Waals surface area contributed by atoms with Crippen LogP contribution in [0.5, 0.6) is 0 Å². The van der Waals surface area contributed by atoms with E-state index in [9.17, 15) is 18.3 Å². The van der Waals surface area contributed by atoms with Crippen molar-refractivity contribution >= 4 is 15.8 Å². The summed E-state index contributed by atoms with van der Waals surface area (Å²) in [5, 5.41) is 9.39. The maximum absolute atomic E-state index is 11.5. The van der Waals surface area contributed by atoms with Crippen molar-refractivity contribution in [2.75, 3.05) is 11.5 Å². The van der Waals surface area contributed by atoms with Crippen LogP contribution in [0.2, 0.25) is 0 Å². The van der Waals surface area contributed by atoms with E-state index in [0.717, 1.165) is 11.1 Å². The highest BCUT2D eigenvalue weighted by molar-refractivity contribution is 7.91. The summed E-state index contributed by atoms with van der Waals surface area (Å²) in [6, 6.07) is 7.28. The number of aliphatic carboxylic acids is 1. The second-order valence-electron chi connectivity index (χ2n) is 4.84. The van der Waals surface area contributed by atoms with Gasteiger partial charge in [-0.25, -0.2) is 8.42 Å². The molecule has 1 saturated heterocycles. The molecule has 2 rings (SSSR count). The average molecular weight is 268 g/mol. The van der Waals surface area contributed by atoms with E-state index in [1.807, 2.05) is 19.1 Å². The normalized spacial score (nSPS) is 23.7. The monoisotopic (exact) mass is 268 g/mol. The largest absolute Gasteiger partial charge is 0.481 e. The minimum absolute atomic E-state index is 0.0156. The van der Waals surface area contributed by atoms with Gasteiger partial charge in [0.1, 0.15) is 0 Å². The smallest absolute Gasteiger partial charge is 0.311 e. The quantitative estimate of drug-likeness (QED) is 0.903. The number of benzene rings is 1. The van der Waals surface area contributed by atoms with Crippen LogP contribution in [-0.4, -0.2) is 31.0 Å². The summed E-state index contributed by atoms with van der Waals surface area (Å²) in [4.78, 5) is 11.5. The fraction of sp³-hybridized carbons (Fsp3) is 0.462. The Morgan fingerprint density at radius 2 is 2.06 bits per heavy atom. The summed E-state index contributed by atoms with van der Waals surface area (Å²) >= 11 is 0. The van der Waals surface area contributed by atoms with Gasteiger partial charge in [-0.05, 0) is 30.4 Å². The lowest BCUT2D eigenvalue weighted by atomic mass is 9.83. The highest BCUT2D eigenvalue weighted by Crippen LogP contribution is 2.34. The van der Waals surface area contributed by atoms with Crippen molar-refractivity contribution in [2.45, 2.75) is 19.3 Å². The van der Waals surface area contributed by atoms with Gasteiger partial charge in [-0.3, -0.25) is 4.79 Å². The lowest BCUT2D eigenvalue weighted by molar-refractivity contribution is -0.140. The fourth-order valence-corrected chi connectivity index (χ4v) is 4.45. The Bertz CT molecular complexity index is 562. The first-order valence-corrected chi connectivity index (χ1v) is 7.71. The third-order valence-electron chi connectivity index (χ3n) is 3.53. The van der Waals surface area contributed by atoms with E-state index in [0.29, 0.717) is 6.42 Å². The minimum atomic E-state index is -3.06. The van der Waals surface area contributed by atoms with Crippen molar-refractivity contribution in [3.63, 3.8) is 0 Å². The van der Waals surface area contributed by atoms with Crippen molar-refractivity contribution in [2.24, 2.45) is 5.92 Å². The van der Waals surface area contributed by atoms with Crippen molar-refractivity contribution in [3.8, 4) is 0 Å². The average Bonchev–Trinajstić information content (AvgIpc) is 2.61. The maximum Gasteiger partial charge on any atom is 0.311 e. The summed E-state index contributed by atoms with van der Waals surface area (Å²) < 4.78 is 23.0. The Labute approximate surface area is 107 Å². The van der Waals surface area contributed by atoms with Gasteiger partial charge in [-0.1, -0.05) is 24.3 Å².